The highest BCUT2D eigenvalue weighted by Gasteiger charge is 2.36. The first-order valence-corrected chi connectivity index (χ1v) is 8.79. The molecular weight excluding hydrogens is 324 g/mol. The van der Waals surface area contributed by atoms with Crippen molar-refractivity contribution in [3.05, 3.63) is 35.9 Å². The molecule has 4 nitrogen and oxygen atoms in total. The van der Waals surface area contributed by atoms with E-state index in [0.29, 0.717) is 25.6 Å². The summed E-state index contributed by atoms with van der Waals surface area (Å²) in [4.78, 5) is 27.2. The van der Waals surface area contributed by atoms with Gasteiger partial charge in [-0.2, -0.15) is 0 Å². The first kappa shape index (κ1) is 18.9. The highest BCUT2D eigenvalue weighted by molar-refractivity contribution is 5.98. The van der Waals surface area contributed by atoms with E-state index in [1.165, 1.54) is 0 Å². The maximum Gasteiger partial charge on any atom is 0.226 e. The van der Waals surface area contributed by atoms with Crippen molar-refractivity contribution >= 4 is 24.1 Å². The Labute approximate surface area is 150 Å². The number of nitrogens with zero attached hydrogens (tertiary/aromatic N) is 1. The van der Waals surface area contributed by atoms with Crippen LogP contribution in [0.15, 0.2) is 30.3 Å². The SMILES string of the molecule is Cl.NC[C@H]1CCC[C@H]1C(=O)N1CCC(C(=O)c2ccccc2)CC1. The molecule has 2 N–H and O–H groups in total. The molecule has 0 spiro atoms. The number of likely N-dealkylation sites (tertiary alicyclic amines) is 1. The molecule has 132 valence electrons. The summed E-state index contributed by atoms with van der Waals surface area (Å²) in [5.41, 5.74) is 6.59. The van der Waals surface area contributed by atoms with Gasteiger partial charge < -0.3 is 10.6 Å². The number of hydrogen-bond donors (Lipinski definition) is 1. The summed E-state index contributed by atoms with van der Waals surface area (Å²) < 4.78 is 0. The number of benzene rings is 1. The molecule has 0 aromatic heterocycles. The van der Waals surface area contributed by atoms with Crippen LogP contribution in [-0.2, 0) is 4.79 Å². The van der Waals surface area contributed by atoms with Crippen LogP contribution >= 0.6 is 12.4 Å². The number of amides is 1. The Kier molecular flexibility index (Phi) is 6.81. The Morgan fingerprint density at radius 2 is 1.71 bits per heavy atom. The molecule has 0 radical (unpaired) electrons. The van der Waals surface area contributed by atoms with Crippen LogP contribution in [0.5, 0.6) is 0 Å². The van der Waals surface area contributed by atoms with Crippen LogP contribution < -0.4 is 5.73 Å². The van der Waals surface area contributed by atoms with Crippen LogP contribution in [0, 0.1) is 17.8 Å². The number of rotatable bonds is 4. The van der Waals surface area contributed by atoms with Gasteiger partial charge in [0, 0.05) is 30.5 Å². The molecule has 2 aliphatic rings. The van der Waals surface area contributed by atoms with Gasteiger partial charge in [0.15, 0.2) is 5.78 Å². The second kappa shape index (κ2) is 8.63. The molecule has 1 aromatic rings. The zero-order valence-electron chi connectivity index (χ0n) is 14.0. The molecule has 3 rings (SSSR count). The minimum absolute atomic E-state index is 0. The van der Waals surface area contributed by atoms with Gasteiger partial charge in [0.05, 0.1) is 0 Å². The van der Waals surface area contributed by atoms with Gasteiger partial charge in [0.25, 0.3) is 0 Å². The van der Waals surface area contributed by atoms with Crippen molar-refractivity contribution < 1.29 is 9.59 Å². The van der Waals surface area contributed by atoms with Crippen molar-refractivity contribution in [1.29, 1.82) is 0 Å². The fourth-order valence-electron chi connectivity index (χ4n) is 4.08. The summed E-state index contributed by atoms with van der Waals surface area (Å²) in [6, 6.07) is 9.49. The van der Waals surface area contributed by atoms with Crippen molar-refractivity contribution in [2.24, 2.45) is 23.5 Å². The van der Waals surface area contributed by atoms with Crippen LogP contribution in [0.1, 0.15) is 42.5 Å². The van der Waals surface area contributed by atoms with Crippen molar-refractivity contribution in [2.75, 3.05) is 19.6 Å². The van der Waals surface area contributed by atoms with Gasteiger partial charge in [0.2, 0.25) is 5.91 Å². The molecule has 1 heterocycles. The van der Waals surface area contributed by atoms with Gasteiger partial charge in [-0.1, -0.05) is 36.8 Å². The number of halogens is 1. The van der Waals surface area contributed by atoms with Crippen LogP contribution in [0.4, 0.5) is 0 Å². The van der Waals surface area contributed by atoms with E-state index >= 15 is 0 Å². The molecular formula is C19H27ClN2O2. The minimum Gasteiger partial charge on any atom is -0.342 e. The highest BCUT2D eigenvalue weighted by Crippen LogP contribution is 2.33. The van der Waals surface area contributed by atoms with E-state index in [1.807, 2.05) is 35.2 Å². The van der Waals surface area contributed by atoms with E-state index in [2.05, 4.69) is 0 Å². The summed E-state index contributed by atoms with van der Waals surface area (Å²) in [5, 5.41) is 0. The predicted molar refractivity (Wildman–Crippen MR) is 97.2 cm³/mol. The van der Waals surface area contributed by atoms with Gasteiger partial charge in [-0.15, -0.1) is 12.4 Å². The molecule has 2 atom stereocenters. The predicted octanol–water partition coefficient (Wildman–Crippen LogP) is 2.90. The number of piperidine rings is 1. The molecule has 1 saturated heterocycles. The second-order valence-corrected chi connectivity index (χ2v) is 6.86. The molecule has 2 fully saturated rings. The number of ketones is 1. The van der Waals surface area contributed by atoms with Crippen molar-refractivity contribution in [2.45, 2.75) is 32.1 Å². The quantitative estimate of drug-likeness (QED) is 0.849. The first-order chi connectivity index (χ1) is 11.2. The summed E-state index contributed by atoms with van der Waals surface area (Å²) in [5.74, 6) is 1.00. The fourth-order valence-corrected chi connectivity index (χ4v) is 4.08. The van der Waals surface area contributed by atoms with Crippen LogP contribution in [0.3, 0.4) is 0 Å². The van der Waals surface area contributed by atoms with Crippen LogP contribution in [0.25, 0.3) is 0 Å². The third-order valence-corrected chi connectivity index (χ3v) is 5.51. The van der Waals surface area contributed by atoms with E-state index in [0.717, 1.165) is 37.7 Å². The van der Waals surface area contributed by atoms with Crippen LogP contribution in [0.2, 0.25) is 0 Å². The molecule has 24 heavy (non-hydrogen) atoms. The lowest BCUT2D eigenvalue weighted by molar-refractivity contribution is -0.137. The standard InChI is InChI=1S/C19H26N2O2.ClH/c20-13-16-7-4-8-17(16)19(23)21-11-9-15(10-12-21)18(22)14-5-2-1-3-6-14;/h1-3,5-6,15-17H,4,7-13,20H2;1H/t16-,17-;/m1./s1. The van der Waals surface area contributed by atoms with Gasteiger partial charge in [-0.05, 0) is 38.1 Å². The Hall–Kier alpha value is -1.39. The number of carbonyl (C=O) groups is 2. The zero-order chi connectivity index (χ0) is 16.2. The third kappa shape index (κ3) is 3.98. The molecule has 1 aliphatic heterocycles. The van der Waals surface area contributed by atoms with E-state index < -0.39 is 0 Å². The lowest BCUT2D eigenvalue weighted by atomic mass is 9.87. The zero-order valence-corrected chi connectivity index (χ0v) is 14.8. The Bertz CT molecular complexity index is 556. The summed E-state index contributed by atoms with van der Waals surface area (Å²) >= 11 is 0. The van der Waals surface area contributed by atoms with Gasteiger partial charge in [-0.3, -0.25) is 9.59 Å². The van der Waals surface area contributed by atoms with Gasteiger partial charge in [-0.25, -0.2) is 0 Å². The Morgan fingerprint density at radius 1 is 1.04 bits per heavy atom. The van der Waals surface area contributed by atoms with Crippen molar-refractivity contribution in [3.63, 3.8) is 0 Å². The second-order valence-electron chi connectivity index (χ2n) is 6.86. The Morgan fingerprint density at radius 3 is 2.33 bits per heavy atom. The van der Waals surface area contributed by atoms with Gasteiger partial charge in [0.1, 0.15) is 0 Å². The highest BCUT2D eigenvalue weighted by atomic mass is 35.5. The average molecular weight is 351 g/mol. The number of Topliss-reactive ketones (excluding diaryl/α,β-unsaturated/α-hetero) is 1. The summed E-state index contributed by atoms with van der Waals surface area (Å²) in [6.45, 7) is 2.02. The lowest BCUT2D eigenvalue weighted by Crippen LogP contribution is -2.44. The molecule has 5 heteroatoms. The normalized spacial score (nSPS) is 24.5. The Balaban J connectivity index is 0.00000208. The van der Waals surface area contributed by atoms with E-state index in [4.69, 9.17) is 5.73 Å². The smallest absolute Gasteiger partial charge is 0.226 e. The van der Waals surface area contributed by atoms with Gasteiger partial charge >= 0.3 is 0 Å². The summed E-state index contributed by atoms with van der Waals surface area (Å²) in [6.07, 6.45) is 4.72. The van der Waals surface area contributed by atoms with Crippen molar-refractivity contribution in [3.8, 4) is 0 Å². The summed E-state index contributed by atoms with van der Waals surface area (Å²) in [7, 11) is 0. The lowest BCUT2D eigenvalue weighted by Gasteiger charge is -2.34. The molecule has 0 unspecified atom stereocenters. The minimum atomic E-state index is 0. The van der Waals surface area contributed by atoms with Crippen molar-refractivity contribution in [1.82, 2.24) is 4.90 Å². The van der Waals surface area contributed by atoms with E-state index in [1.54, 1.807) is 0 Å². The third-order valence-electron chi connectivity index (χ3n) is 5.51. The monoisotopic (exact) mass is 350 g/mol. The van der Waals surface area contributed by atoms with Crippen LogP contribution in [-0.4, -0.2) is 36.2 Å². The number of nitrogens with two attached hydrogens (primary N) is 1. The molecule has 1 aromatic carbocycles. The first-order valence-electron chi connectivity index (χ1n) is 8.79. The molecule has 1 aliphatic carbocycles. The van der Waals surface area contributed by atoms with E-state index in [-0.39, 0.29) is 35.9 Å². The number of carbonyl (C=O) groups excluding carboxylic acids is 2. The molecule has 1 amide bonds. The molecule has 0 bridgehead atoms. The average Bonchev–Trinajstić information content (AvgIpc) is 3.10. The fraction of sp³-hybridized carbons (Fsp3) is 0.579. The van der Waals surface area contributed by atoms with E-state index in [9.17, 15) is 9.59 Å². The maximum absolute atomic E-state index is 12.7. The molecule has 1 saturated carbocycles. The topological polar surface area (TPSA) is 63.4 Å². The number of hydrogen-bond acceptors (Lipinski definition) is 3. The largest absolute Gasteiger partial charge is 0.342 e. The maximum atomic E-state index is 12.7.